The van der Waals surface area contributed by atoms with E-state index in [1.807, 2.05) is 0 Å². The highest BCUT2D eigenvalue weighted by Crippen LogP contribution is 2.27. The zero-order valence-electron chi connectivity index (χ0n) is 5.71. The van der Waals surface area contributed by atoms with E-state index in [9.17, 15) is 4.79 Å². The maximum atomic E-state index is 10.6. The summed E-state index contributed by atoms with van der Waals surface area (Å²) in [7, 11) is 0. The van der Waals surface area contributed by atoms with Gasteiger partial charge < -0.3 is 5.11 Å². The molecule has 2 nitrogen and oxygen atoms in total. The van der Waals surface area contributed by atoms with Crippen LogP contribution in [0.25, 0.3) is 0 Å². The van der Waals surface area contributed by atoms with Gasteiger partial charge in [0, 0.05) is 9.92 Å². The largest absolute Gasteiger partial charge is 0.478 e. The number of hydrogen-bond donors (Lipinski definition) is 2. The average molecular weight is 223 g/mol. The van der Waals surface area contributed by atoms with E-state index < -0.39 is 5.97 Å². The van der Waals surface area contributed by atoms with Crippen molar-refractivity contribution in [1.29, 1.82) is 0 Å². The molecule has 1 N–H and O–H groups in total. The van der Waals surface area contributed by atoms with Crippen LogP contribution in [0.3, 0.4) is 0 Å². The predicted octanol–water partition coefficient (Wildman–Crippen LogP) is 2.98. The maximum absolute atomic E-state index is 10.6. The van der Waals surface area contributed by atoms with Gasteiger partial charge in [-0.05, 0) is 12.1 Å². The van der Waals surface area contributed by atoms with Crippen LogP contribution in [0, 0.1) is 0 Å². The lowest BCUT2D eigenvalue weighted by Crippen LogP contribution is -1.98. The lowest BCUT2D eigenvalue weighted by atomic mass is 10.2. The molecule has 0 unspecified atom stereocenters. The van der Waals surface area contributed by atoms with Crippen molar-refractivity contribution >= 4 is 41.8 Å². The molecular weight excluding hydrogens is 219 g/mol. The van der Waals surface area contributed by atoms with Gasteiger partial charge in [0.1, 0.15) is 0 Å². The minimum atomic E-state index is -1.11. The quantitative estimate of drug-likeness (QED) is 0.718. The van der Waals surface area contributed by atoms with Gasteiger partial charge in [-0.15, -0.1) is 12.6 Å². The van der Waals surface area contributed by atoms with Gasteiger partial charge in [-0.2, -0.15) is 0 Å². The summed E-state index contributed by atoms with van der Waals surface area (Å²) in [6.07, 6.45) is 0. The van der Waals surface area contributed by atoms with Crippen molar-refractivity contribution in [3.63, 3.8) is 0 Å². The van der Waals surface area contributed by atoms with Crippen LogP contribution in [-0.4, -0.2) is 11.1 Å². The highest BCUT2D eigenvalue weighted by molar-refractivity contribution is 7.80. The first kappa shape index (κ1) is 9.71. The van der Waals surface area contributed by atoms with E-state index in [0.717, 1.165) is 0 Å². The van der Waals surface area contributed by atoms with Gasteiger partial charge in [0.2, 0.25) is 0 Å². The Hall–Kier alpha value is -0.380. The molecular formula is C7H4Cl2O2S. The summed E-state index contributed by atoms with van der Waals surface area (Å²) in [6.45, 7) is 0. The van der Waals surface area contributed by atoms with Crippen LogP contribution in [0.1, 0.15) is 10.4 Å². The molecule has 1 aromatic carbocycles. The number of hydrogen-bond acceptors (Lipinski definition) is 2. The van der Waals surface area contributed by atoms with E-state index >= 15 is 0 Å². The molecule has 0 aliphatic rings. The van der Waals surface area contributed by atoms with Gasteiger partial charge in [-0.1, -0.05) is 23.2 Å². The molecule has 0 fully saturated rings. The fourth-order valence-electron chi connectivity index (χ4n) is 0.772. The first-order valence-electron chi connectivity index (χ1n) is 2.93. The molecule has 1 aromatic rings. The number of thiol groups is 1. The van der Waals surface area contributed by atoms with Crippen LogP contribution < -0.4 is 0 Å². The van der Waals surface area contributed by atoms with Crippen molar-refractivity contribution in [3.8, 4) is 0 Å². The number of benzene rings is 1. The summed E-state index contributed by atoms with van der Waals surface area (Å²) in [5.41, 5.74) is -0.0237. The van der Waals surface area contributed by atoms with E-state index in [1.54, 1.807) is 0 Å². The minimum absolute atomic E-state index is 0.0237. The number of carboxylic acid groups (broad SMARTS) is 1. The number of carboxylic acids is 1. The summed E-state index contributed by atoms with van der Waals surface area (Å²) < 4.78 is 0. The van der Waals surface area contributed by atoms with E-state index in [1.165, 1.54) is 12.1 Å². The van der Waals surface area contributed by atoms with E-state index in [4.69, 9.17) is 28.3 Å². The van der Waals surface area contributed by atoms with Gasteiger partial charge in [0.05, 0.1) is 10.6 Å². The Morgan fingerprint density at radius 1 is 1.42 bits per heavy atom. The smallest absolute Gasteiger partial charge is 0.338 e. The third kappa shape index (κ3) is 1.86. The lowest BCUT2D eigenvalue weighted by Gasteiger charge is -2.02. The van der Waals surface area contributed by atoms with Crippen molar-refractivity contribution in [2.24, 2.45) is 0 Å². The van der Waals surface area contributed by atoms with Crippen molar-refractivity contribution in [1.82, 2.24) is 0 Å². The van der Waals surface area contributed by atoms with Gasteiger partial charge in [-0.3, -0.25) is 0 Å². The van der Waals surface area contributed by atoms with Crippen molar-refractivity contribution in [2.75, 3.05) is 0 Å². The topological polar surface area (TPSA) is 37.3 Å². The summed E-state index contributed by atoms with van der Waals surface area (Å²) >= 11 is 15.1. The summed E-state index contributed by atoms with van der Waals surface area (Å²) in [6, 6.07) is 2.80. The number of halogens is 2. The Balaban J connectivity index is 3.38. The molecule has 0 heterocycles. The Morgan fingerprint density at radius 2 is 2.00 bits per heavy atom. The second kappa shape index (κ2) is 3.56. The molecule has 0 atom stereocenters. The normalized spacial score (nSPS) is 9.92. The van der Waals surface area contributed by atoms with Crippen molar-refractivity contribution < 1.29 is 9.90 Å². The summed E-state index contributed by atoms with van der Waals surface area (Å²) in [5, 5.41) is 9.13. The minimum Gasteiger partial charge on any atom is -0.478 e. The molecule has 0 radical (unpaired) electrons. The maximum Gasteiger partial charge on any atom is 0.338 e. The van der Waals surface area contributed by atoms with Gasteiger partial charge >= 0.3 is 5.97 Å². The first-order valence-corrected chi connectivity index (χ1v) is 4.14. The molecule has 0 saturated carbocycles. The van der Waals surface area contributed by atoms with Crippen LogP contribution >= 0.6 is 35.8 Å². The molecule has 0 aliphatic carbocycles. The molecule has 12 heavy (non-hydrogen) atoms. The predicted molar refractivity (Wildman–Crippen MR) is 50.7 cm³/mol. The molecule has 0 amide bonds. The molecule has 5 heteroatoms. The summed E-state index contributed by atoms with van der Waals surface area (Å²) in [5.74, 6) is -1.11. The SMILES string of the molecule is O=C(O)c1c(S)cc(Cl)cc1Cl. The van der Waals surface area contributed by atoms with Crippen LogP contribution in [0.4, 0.5) is 0 Å². The van der Waals surface area contributed by atoms with Crippen LogP contribution in [0.5, 0.6) is 0 Å². The molecule has 0 spiro atoms. The Bertz CT molecular complexity index is 315. The van der Waals surface area contributed by atoms with Crippen LogP contribution in [0.2, 0.25) is 10.0 Å². The third-order valence-corrected chi connectivity index (χ3v) is 2.12. The number of rotatable bonds is 1. The molecule has 1 rings (SSSR count). The van der Waals surface area contributed by atoms with Gasteiger partial charge in [-0.25, -0.2) is 4.79 Å². The monoisotopic (exact) mass is 222 g/mol. The Kier molecular flexibility index (Phi) is 2.88. The highest BCUT2D eigenvalue weighted by Gasteiger charge is 2.13. The molecule has 64 valence electrons. The Morgan fingerprint density at radius 3 is 2.42 bits per heavy atom. The fourth-order valence-corrected chi connectivity index (χ4v) is 1.84. The third-order valence-electron chi connectivity index (χ3n) is 1.25. The number of aromatic carboxylic acids is 1. The van der Waals surface area contributed by atoms with Crippen LogP contribution in [-0.2, 0) is 0 Å². The molecule has 0 saturated heterocycles. The zero-order chi connectivity index (χ0) is 9.30. The fraction of sp³-hybridized carbons (Fsp3) is 0. The average Bonchev–Trinajstić information content (AvgIpc) is 1.82. The van der Waals surface area contributed by atoms with E-state index in [-0.39, 0.29) is 15.5 Å². The van der Waals surface area contributed by atoms with Gasteiger partial charge in [0.15, 0.2) is 0 Å². The van der Waals surface area contributed by atoms with Crippen LogP contribution in [0.15, 0.2) is 17.0 Å². The number of carbonyl (C=O) groups is 1. The first-order chi connectivity index (χ1) is 5.52. The standard InChI is InChI=1S/C7H4Cl2O2S/c8-3-1-4(9)6(7(10)11)5(12)2-3/h1-2,12H,(H,10,11). The summed E-state index contributed by atoms with van der Waals surface area (Å²) in [4.78, 5) is 10.8. The second-order valence-corrected chi connectivity index (χ2v) is 3.41. The lowest BCUT2D eigenvalue weighted by molar-refractivity contribution is 0.0693. The van der Waals surface area contributed by atoms with Crippen molar-refractivity contribution in [3.05, 3.63) is 27.7 Å². The molecule has 0 bridgehead atoms. The zero-order valence-corrected chi connectivity index (χ0v) is 8.12. The highest BCUT2D eigenvalue weighted by atomic mass is 35.5. The van der Waals surface area contributed by atoms with E-state index in [2.05, 4.69) is 12.6 Å². The van der Waals surface area contributed by atoms with E-state index in [0.29, 0.717) is 5.02 Å². The molecule has 0 aromatic heterocycles. The molecule has 0 aliphatic heterocycles. The Labute approximate surface area is 84.5 Å². The van der Waals surface area contributed by atoms with Crippen molar-refractivity contribution in [2.45, 2.75) is 4.90 Å². The van der Waals surface area contributed by atoms with Gasteiger partial charge in [0.25, 0.3) is 0 Å². The second-order valence-electron chi connectivity index (χ2n) is 2.09.